The number of nitrogens with two attached hydrogens (primary N) is 1. The Hall–Kier alpha value is -2.12. The highest BCUT2D eigenvalue weighted by Gasteiger charge is 2.21. The van der Waals surface area contributed by atoms with E-state index in [1.807, 2.05) is 0 Å². The smallest absolute Gasteiger partial charge is 0.303 e. The van der Waals surface area contributed by atoms with E-state index in [-0.39, 0.29) is 12.8 Å². The maximum Gasteiger partial charge on any atom is 0.303 e. The lowest BCUT2D eigenvalue weighted by Crippen LogP contribution is -2.50. The summed E-state index contributed by atoms with van der Waals surface area (Å²) in [5, 5.41) is 12.9. The minimum atomic E-state index is -1.08. The van der Waals surface area contributed by atoms with Crippen molar-refractivity contribution in [2.24, 2.45) is 5.73 Å². The average molecular weight is 245 g/mol. The molecule has 96 valence electrons. The third kappa shape index (κ3) is 6.13. The highest BCUT2D eigenvalue weighted by Crippen LogP contribution is 1.98. The number of aliphatic carboxylic acids is 1. The van der Waals surface area contributed by atoms with Gasteiger partial charge in [-0.3, -0.25) is 19.2 Å². The molecule has 17 heavy (non-hydrogen) atoms. The minimum Gasteiger partial charge on any atom is -0.481 e. The van der Waals surface area contributed by atoms with Crippen molar-refractivity contribution in [3.63, 3.8) is 0 Å². The molecule has 0 bridgehead atoms. The van der Waals surface area contributed by atoms with E-state index in [2.05, 4.69) is 10.6 Å². The summed E-state index contributed by atoms with van der Waals surface area (Å²) in [5.41, 5.74) is 4.94. The van der Waals surface area contributed by atoms with Crippen molar-refractivity contribution in [2.75, 3.05) is 0 Å². The van der Waals surface area contributed by atoms with Crippen LogP contribution in [0.2, 0.25) is 0 Å². The number of carbonyl (C=O) groups is 4. The fourth-order valence-electron chi connectivity index (χ4n) is 1.03. The van der Waals surface area contributed by atoms with Crippen molar-refractivity contribution in [3.05, 3.63) is 0 Å². The molecule has 0 aliphatic carbocycles. The summed E-state index contributed by atoms with van der Waals surface area (Å²) in [5.74, 6) is -2.45. The lowest BCUT2D eigenvalue weighted by Gasteiger charge is -2.17. The number of primary amides is 1. The summed E-state index contributed by atoms with van der Waals surface area (Å²) >= 11 is 0. The Labute approximate surface area is 97.5 Å². The Morgan fingerprint density at radius 1 is 1.41 bits per heavy atom. The van der Waals surface area contributed by atoms with Gasteiger partial charge in [0.2, 0.25) is 18.2 Å². The van der Waals surface area contributed by atoms with Crippen LogP contribution >= 0.6 is 0 Å². The first-order valence-corrected chi connectivity index (χ1v) is 4.89. The van der Waals surface area contributed by atoms with Gasteiger partial charge in [-0.2, -0.15) is 0 Å². The quantitative estimate of drug-likeness (QED) is 0.365. The number of carboxylic acid groups (broad SMARTS) is 1. The molecular formula is C9H15N3O5. The summed E-state index contributed by atoms with van der Waals surface area (Å²) in [6.07, 6.45) is -0.0453. The number of hydrogen-bond donors (Lipinski definition) is 4. The fraction of sp³-hybridized carbons (Fsp3) is 0.556. The van der Waals surface area contributed by atoms with Gasteiger partial charge in [-0.05, 0) is 13.3 Å². The van der Waals surface area contributed by atoms with Gasteiger partial charge in [0, 0.05) is 6.42 Å². The van der Waals surface area contributed by atoms with E-state index in [0.29, 0.717) is 6.41 Å². The zero-order valence-electron chi connectivity index (χ0n) is 9.30. The van der Waals surface area contributed by atoms with Crippen LogP contribution in [0.25, 0.3) is 0 Å². The van der Waals surface area contributed by atoms with Crippen molar-refractivity contribution in [3.8, 4) is 0 Å². The highest BCUT2D eigenvalue weighted by atomic mass is 16.4. The van der Waals surface area contributed by atoms with Crippen LogP contribution in [0.3, 0.4) is 0 Å². The first kappa shape index (κ1) is 14.9. The number of nitrogens with one attached hydrogen (secondary N) is 2. The number of carbonyl (C=O) groups excluding carboxylic acids is 3. The molecule has 2 atom stereocenters. The fourth-order valence-corrected chi connectivity index (χ4v) is 1.03. The molecule has 0 aromatic rings. The lowest BCUT2D eigenvalue weighted by molar-refractivity contribution is -0.137. The van der Waals surface area contributed by atoms with Crippen LogP contribution in [0, 0.1) is 0 Å². The van der Waals surface area contributed by atoms with E-state index >= 15 is 0 Å². The molecule has 5 N–H and O–H groups in total. The van der Waals surface area contributed by atoms with Crippen molar-refractivity contribution in [1.82, 2.24) is 10.6 Å². The van der Waals surface area contributed by atoms with Gasteiger partial charge in [-0.25, -0.2) is 0 Å². The van der Waals surface area contributed by atoms with E-state index in [4.69, 9.17) is 10.8 Å². The zero-order chi connectivity index (χ0) is 13.4. The predicted octanol–water partition coefficient (Wildman–Crippen LogP) is -2.04. The van der Waals surface area contributed by atoms with Crippen LogP contribution in [-0.4, -0.2) is 41.4 Å². The molecule has 0 spiro atoms. The van der Waals surface area contributed by atoms with Gasteiger partial charge < -0.3 is 21.5 Å². The summed E-state index contributed by atoms with van der Waals surface area (Å²) < 4.78 is 0. The first-order chi connectivity index (χ1) is 7.88. The molecule has 0 unspecified atom stereocenters. The summed E-state index contributed by atoms with van der Waals surface area (Å²) in [4.78, 5) is 42.8. The number of carboxylic acids is 1. The average Bonchev–Trinajstić information content (AvgIpc) is 2.23. The molecule has 0 rings (SSSR count). The van der Waals surface area contributed by atoms with Crippen LogP contribution in [0.4, 0.5) is 0 Å². The molecule has 0 aromatic carbocycles. The third-order valence-corrected chi connectivity index (χ3v) is 2.02. The van der Waals surface area contributed by atoms with Crippen molar-refractivity contribution in [1.29, 1.82) is 0 Å². The molecule has 0 saturated heterocycles. The second-order valence-electron chi connectivity index (χ2n) is 3.40. The maximum atomic E-state index is 11.5. The van der Waals surface area contributed by atoms with Gasteiger partial charge in [0.05, 0.1) is 0 Å². The molecule has 3 amide bonds. The van der Waals surface area contributed by atoms with Crippen LogP contribution in [0.1, 0.15) is 19.8 Å². The molecule has 0 fully saturated rings. The van der Waals surface area contributed by atoms with E-state index < -0.39 is 29.9 Å². The summed E-state index contributed by atoms with van der Waals surface area (Å²) in [7, 11) is 0. The molecule has 0 aromatic heterocycles. The van der Waals surface area contributed by atoms with Crippen LogP contribution in [-0.2, 0) is 19.2 Å². The molecule has 8 heteroatoms. The van der Waals surface area contributed by atoms with Crippen molar-refractivity contribution >= 4 is 24.2 Å². The Balaban J connectivity index is 4.37. The van der Waals surface area contributed by atoms with Gasteiger partial charge in [-0.15, -0.1) is 0 Å². The highest BCUT2D eigenvalue weighted by molar-refractivity contribution is 5.89. The zero-order valence-corrected chi connectivity index (χ0v) is 9.30. The van der Waals surface area contributed by atoms with Crippen molar-refractivity contribution in [2.45, 2.75) is 31.8 Å². The Morgan fingerprint density at radius 2 is 2.00 bits per heavy atom. The van der Waals surface area contributed by atoms with Gasteiger partial charge in [0.1, 0.15) is 12.1 Å². The van der Waals surface area contributed by atoms with Crippen molar-refractivity contribution < 1.29 is 24.3 Å². The third-order valence-electron chi connectivity index (χ3n) is 2.02. The van der Waals surface area contributed by atoms with E-state index in [9.17, 15) is 19.2 Å². The Bertz CT molecular complexity index is 318. The molecular weight excluding hydrogens is 230 g/mol. The maximum absolute atomic E-state index is 11.5. The summed E-state index contributed by atoms with van der Waals surface area (Å²) in [6.45, 7) is 1.38. The van der Waals surface area contributed by atoms with Crippen LogP contribution in [0.15, 0.2) is 0 Å². The lowest BCUT2D eigenvalue weighted by atomic mass is 10.1. The van der Waals surface area contributed by atoms with E-state index in [0.717, 1.165) is 0 Å². The molecule has 0 aliphatic rings. The molecule has 0 aliphatic heterocycles. The minimum absolute atomic E-state index is 0.0641. The van der Waals surface area contributed by atoms with Gasteiger partial charge in [0.15, 0.2) is 0 Å². The van der Waals surface area contributed by atoms with Crippen LogP contribution in [0.5, 0.6) is 0 Å². The molecule has 0 radical (unpaired) electrons. The number of hydrogen-bond acceptors (Lipinski definition) is 4. The van der Waals surface area contributed by atoms with E-state index in [1.54, 1.807) is 0 Å². The molecule has 8 nitrogen and oxygen atoms in total. The summed E-state index contributed by atoms with van der Waals surface area (Å²) in [6, 6.07) is -1.88. The first-order valence-electron chi connectivity index (χ1n) is 4.89. The largest absolute Gasteiger partial charge is 0.481 e. The van der Waals surface area contributed by atoms with E-state index in [1.165, 1.54) is 6.92 Å². The van der Waals surface area contributed by atoms with Gasteiger partial charge in [-0.1, -0.05) is 0 Å². The SMILES string of the molecule is C[C@@H](NC(=O)[C@H](CCC(=O)O)NC=O)C(N)=O. The standard InChI is InChI=1S/C9H15N3O5/c1-5(8(10)16)12-9(17)6(11-4-13)2-3-7(14)15/h4-6H,2-3H2,1H3,(H2,10,16)(H,11,13)(H,12,17)(H,14,15)/t5-,6+/m1/s1. The predicted molar refractivity (Wildman–Crippen MR) is 56.7 cm³/mol. The monoisotopic (exact) mass is 245 g/mol. The van der Waals surface area contributed by atoms with Gasteiger partial charge >= 0.3 is 5.97 Å². The molecule has 0 heterocycles. The van der Waals surface area contributed by atoms with Gasteiger partial charge in [0.25, 0.3) is 0 Å². The second kappa shape index (κ2) is 7.20. The molecule has 0 saturated carbocycles. The topological polar surface area (TPSA) is 139 Å². The van der Waals surface area contributed by atoms with Crippen LogP contribution < -0.4 is 16.4 Å². The Kier molecular flexibility index (Phi) is 6.30. The normalized spacial score (nSPS) is 13.2. The number of rotatable bonds is 8. The number of amides is 3. The Morgan fingerprint density at radius 3 is 2.41 bits per heavy atom. The second-order valence-corrected chi connectivity index (χ2v) is 3.40.